The Morgan fingerprint density at radius 1 is 1.29 bits per heavy atom. The topological polar surface area (TPSA) is 24.5 Å². The summed E-state index contributed by atoms with van der Waals surface area (Å²) in [6.45, 7) is 9.04. The summed E-state index contributed by atoms with van der Waals surface area (Å²) >= 11 is 0. The predicted molar refractivity (Wildman–Crippen MR) is 59.6 cm³/mol. The van der Waals surface area contributed by atoms with Gasteiger partial charge in [0.1, 0.15) is 0 Å². The van der Waals surface area contributed by atoms with Gasteiger partial charge in [0, 0.05) is 26.2 Å². The van der Waals surface area contributed by atoms with E-state index >= 15 is 0 Å². The van der Waals surface area contributed by atoms with Crippen molar-refractivity contribution in [2.75, 3.05) is 33.3 Å². The van der Waals surface area contributed by atoms with Gasteiger partial charge in [-0.05, 0) is 39.8 Å². The predicted octanol–water partition coefficient (Wildman–Crippen LogP) is 1.10. The van der Waals surface area contributed by atoms with Gasteiger partial charge in [0.15, 0.2) is 0 Å². The monoisotopic (exact) mass is 200 g/mol. The molecule has 0 radical (unpaired) electrons. The van der Waals surface area contributed by atoms with Crippen LogP contribution in [0.15, 0.2) is 0 Å². The van der Waals surface area contributed by atoms with Crippen molar-refractivity contribution in [1.29, 1.82) is 0 Å². The third kappa shape index (κ3) is 4.40. The normalized spacial score (nSPS) is 22.5. The lowest BCUT2D eigenvalue weighted by atomic mass is 10.3. The molecule has 1 saturated heterocycles. The molecule has 1 aliphatic heterocycles. The minimum Gasteiger partial charge on any atom is -0.380 e. The molecule has 1 fully saturated rings. The summed E-state index contributed by atoms with van der Waals surface area (Å²) in [5, 5.41) is 3.49. The Morgan fingerprint density at radius 2 is 1.93 bits per heavy atom. The van der Waals surface area contributed by atoms with Crippen molar-refractivity contribution in [3.05, 3.63) is 0 Å². The van der Waals surface area contributed by atoms with Crippen LogP contribution in [0, 0.1) is 0 Å². The highest BCUT2D eigenvalue weighted by molar-refractivity contribution is 4.72. The fraction of sp³-hybridized carbons (Fsp3) is 1.00. The number of nitrogens with one attached hydrogen (secondary N) is 1. The van der Waals surface area contributed by atoms with E-state index in [-0.39, 0.29) is 0 Å². The number of hydrogen-bond acceptors (Lipinski definition) is 3. The lowest BCUT2D eigenvalue weighted by molar-refractivity contribution is 0.113. The van der Waals surface area contributed by atoms with Gasteiger partial charge in [0.05, 0.1) is 6.10 Å². The van der Waals surface area contributed by atoms with E-state index in [0.29, 0.717) is 12.1 Å². The molecular formula is C11H24N2O. The Morgan fingerprint density at radius 3 is 2.50 bits per heavy atom. The third-order valence-electron chi connectivity index (χ3n) is 2.89. The second-order valence-electron chi connectivity index (χ2n) is 4.36. The zero-order chi connectivity index (χ0) is 10.4. The van der Waals surface area contributed by atoms with E-state index in [1.54, 1.807) is 7.11 Å². The molecule has 0 aromatic carbocycles. The van der Waals surface area contributed by atoms with Gasteiger partial charge in [-0.2, -0.15) is 0 Å². The number of hydrogen-bond donors (Lipinski definition) is 1. The lowest BCUT2D eigenvalue weighted by Gasteiger charge is -2.22. The molecular weight excluding hydrogens is 176 g/mol. The first kappa shape index (κ1) is 12.0. The molecule has 1 heterocycles. The zero-order valence-corrected chi connectivity index (χ0v) is 9.75. The molecule has 0 aromatic rings. The van der Waals surface area contributed by atoms with Gasteiger partial charge < -0.3 is 15.0 Å². The molecule has 2 unspecified atom stereocenters. The largest absolute Gasteiger partial charge is 0.380 e. The molecule has 1 aliphatic rings. The van der Waals surface area contributed by atoms with Crippen LogP contribution in [0.25, 0.3) is 0 Å². The van der Waals surface area contributed by atoms with Crippen molar-refractivity contribution in [1.82, 2.24) is 10.2 Å². The number of ether oxygens (including phenoxy) is 1. The van der Waals surface area contributed by atoms with E-state index in [1.807, 2.05) is 0 Å². The van der Waals surface area contributed by atoms with Gasteiger partial charge in [-0.15, -0.1) is 0 Å². The van der Waals surface area contributed by atoms with Crippen LogP contribution in [0.3, 0.4) is 0 Å². The van der Waals surface area contributed by atoms with E-state index in [2.05, 4.69) is 24.1 Å². The molecule has 0 spiro atoms. The number of likely N-dealkylation sites (tertiary alicyclic amines) is 1. The van der Waals surface area contributed by atoms with Crippen LogP contribution in [0.4, 0.5) is 0 Å². The number of nitrogens with zero attached hydrogens (tertiary/aromatic N) is 1. The highest BCUT2D eigenvalue weighted by Gasteiger charge is 2.14. The van der Waals surface area contributed by atoms with Crippen LogP contribution in [-0.4, -0.2) is 50.3 Å². The van der Waals surface area contributed by atoms with Crippen molar-refractivity contribution >= 4 is 0 Å². The third-order valence-corrected chi connectivity index (χ3v) is 2.89. The van der Waals surface area contributed by atoms with E-state index < -0.39 is 0 Å². The first-order chi connectivity index (χ1) is 6.72. The molecule has 0 amide bonds. The van der Waals surface area contributed by atoms with E-state index in [1.165, 1.54) is 32.5 Å². The number of methoxy groups -OCH3 is 1. The van der Waals surface area contributed by atoms with Crippen molar-refractivity contribution < 1.29 is 4.74 Å². The fourth-order valence-corrected chi connectivity index (χ4v) is 1.87. The van der Waals surface area contributed by atoms with Gasteiger partial charge >= 0.3 is 0 Å². The Kier molecular flexibility index (Phi) is 5.45. The first-order valence-corrected chi connectivity index (χ1v) is 5.71. The van der Waals surface area contributed by atoms with Crippen LogP contribution in [0.2, 0.25) is 0 Å². The molecule has 0 aromatic heterocycles. The Balaban J connectivity index is 2.05. The molecule has 1 N–H and O–H groups in total. The Bertz CT molecular complexity index is 146. The average molecular weight is 200 g/mol. The van der Waals surface area contributed by atoms with E-state index in [9.17, 15) is 0 Å². The molecule has 2 atom stereocenters. The summed E-state index contributed by atoms with van der Waals surface area (Å²) in [6.07, 6.45) is 3.07. The van der Waals surface area contributed by atoms with Crippen molar-refractivity contribution in [2.24, 2.45) is 0 Å². The van der Waals surface area contributed by atoms with Gasteiger partial charge in [-0.25, -0.2) is 0 Å². The van der Waals surface area contributed by atoms with Gasteiger partial charge in [0.25, 0.3) is 0 Å². The molecule has 84 valence electrons. The highest BCUT2D eigenvalue weighted by Crippen LogP contribution is 2.07. The maximum Gasteiger partial charge on any atom is 0.0667 e. The van der Waals surface area contributed by atoms with Crippen LogP contribution >= 0.6 is 0 Å². The van der Waals surface area contributed by atoms with Crippen LogP contribution in [-0.2, 0) is 4.74 Å². The average Bonchev–Trinajstić information content (AvgIpc) is 2.66. The smallest absolute Gasteiger partial charge is 0.0667 e. The molecule has 3 nitrogen and oxygen atoms in total. The maximum absolute atomic E-state index is 5.19. The summed E-state index contributed by atoms with van der Waals surface area (Å²) in [6, 6.07) is 0.575. The Labute approximate surface area is 87.8 Å². The quantitative estimate of drug-likeness (QED) is 0.695. The fourth-order valence-electron chi connectivity index (χ4n) is 1.87. The van der Waals surface area contributed by atoms with Crippen LogP contribution in [0.1, 0.15) is 26.7 Å². The van der Waals surface area contributed by atoms with Crippen LogP contribution < -0.4 is 5.32 Å². The van der Waals surface area contributed by atoms with Crippen molar-refractivity contribution in [3.8, 4) is 0 Å². The number of rotatable bonds is 6. The van der Waals surface area contributed by atoms with Crippen LogP contribution in [0.5, 0.6) is 0 Å². The van der Waals surface area contributed by atoms with E-state index in [0.717, 1.165) is 6.54 Å². The maximum atomic E-state index is 5.19. The first-order valence-electron chi connectivity index (χ1n) is 5.71. The molecule has 0 saturated carbocycles. The minimum atomic E-state index is 0.316. The molecule has 3 heteroatoms. The van der Waals surface area contributed by atoms with Crippen molar-refractivity contribution in [3.63, 3.8) is 0 Å². The summed E-state index contributed by atoms with van der Waals surface area (Å²) in [4.78, 5) is 2.54. The Hall–Kier alpha value is -0.120. The molecule has 0 bridgehead atoms. The minimum absolute atomic E-state index is 0.316. The summed E-state index contributed by atoms with van der Waals surface area (Å²) in [5.41, 5.74) is 0. The van der Waals surface area contributed by atoms with E-state index in [4.69, 9.17) is 4.74 Å². The van der Waals surface area contributed by atoms with Gasteiger partial charge in [0.2, 0.25) is 0 Å². The summed E-state index contributed by atoms with van der Waals surface area (Å²) in [7, 11) is 1.76. The highest BCUT2D eigenvalue weighted by atomic mass is 16.5. The molecule has 1 rings (SSSR count). The lowest BCUT2D eigenvalue weighted by Crippen LogP contribution is -2.41. The molecule has 14 heavy (non-hydrogen) atoms. The van der Waals surface area contributed by atoms with Gasteiger partial charge in [-0.1, -0.05) is 0 Å². The zero-order valence-electron chi connectivity index (χ0n) is 9.75. The second kappa shape index (κ2) is 6.38. The van der Waals surface area contributed by atoms with Gasteiger partial charge in [-0.3, -0.25) is 0 Å². The summed E-state index contributed by atoms with van der Waals surface area (Å²) in [5.74, 6) is 0. The SMILES string of the molecule is COC(C)CNC(C)CN1CCCC1. The summed E-state index contributed by atoms with van der Waals surface area (Å²) < 4.78 is 5.19. The molecule has 0 aliphatic carbocycles. The second-order valence-corrected chi connectivity index (χ2v) is 4.36. The standard InChI is InChI=1S/C11H24N2O/c1-10(12-8-11(2)14-3)9-13-6-4-5-7-13/h10-12H,4-9H2,1-3H3. The van der Waals surface area contributed by atoms with Crippen molar-refractivity contribution in [2.45, 2.75) is 38.8 Å².